The molecule has 0 saturated carbocycles. The molecule has 2 rings (SSSR count). The minimum Gasteiger partial charge on any atom is -0.337 e. The minimum atomic E-state index is -4.44. The van der Waals surface area contributed by atoms with Gasteiger partial charge in [-0.15, -0.1) is 0 Å². The molecule has 1 aliphatic heterocycles. The van der Waals surface area contributed by atoms with Gasteiger partial charge < -0.3 is 10.6 Å². The Labute approximate surface area is 121 Å². The Bertz CT molecular complexity index is 485. The summed E-state index contributed by atoms with van der Waals surface area (Å²) < 4.78 is 37.4. The molecule has 1 saturated heterocycles. The molecule has 1 atom stereocenters. The average Bonchev–Trinajstić information content (AvgIpc) is 2.46. The molecule has 116 valence electrons. The number of piperidine rings is 1. The van der Waals surface area contributed by atoms with Crippen molar-refractivity contribution in [1.82, 2.24) is 9.88 Å². The SMILES string of the molecule is NCCC1CCCN(C(=O)c2ccc(C(F)(F)F)cn2)C1. The predicted molar refractivity (Wildman–Crippen MR) is 71.5 cm³/mol. The highest BCUT2D eigenvalue weighted by Gasteiger charge is 2.31. The highest BCUT2D eigenvalue weighted by Crippen LogP contribution is 2.28. The number of hydrogen-bond donors (Lipinski definition) is 1. The lowest BCUT2D eigenvalue weighted by atomic mass is 9.94. The Balaban J connectivity index is 2.05. The number of carbonyl (C=O) groups is 1. The molecular formula is C14H18F3N3O. The van der Waals surface area contributed by atoms with Crippen LogP contribution < -0.4 is 5.73 Å². The number of alkyl halides is 3. The van der Waals surface area contributed by atoms with E-state index in [1.165, 1.54) is 0 Å². The van der Waals surface area contributed by atoms with Crippen LogP contribution in [-0.4, -0.2) is 35.4 Å². The molecule has 21 heavy (non-hydrogen) atoms. The van der Waals surface area contributed by atoms with Crippen LogP contribution in [0.4, 0.5) is 13.2 Å². The van der Waals surface area contributed by atoms with E-state index in [2.05, 4.69) is 4.98 Å². The van der Waals surface area contributed by atoms with Crippen molar-refractivity contribution in [1.29, 1.82) is 0 Å². The topological polar surface area (TPSA) is 59.2 Å². The predicted octanol–water partition coefficient (Wildman–Crippen LogP) is 2.30. The molecule has 1 unspecified atom stereocenters. The van der Waals surface area contributed by atoms with E-state index < -0.39 is 11.7 Å². The van der Waals surface area contributed by atoms with Gasteiger partial charge in [0.25, 0.3) is 5.91 Å². The molecule has 0 aromatic carbocycles. The lowest BCUT2D eigenvalue weighted by molar-refractivity contribution is -0.137. The van der Waals surface area contributed by atoms with E-state index in [9.17, 15) is 18.0 Å². The van der Waals surface area contributed by atoms with Crippen LogP contribution in [0, 0.1) is 5.92 Å². The number of pyridine rings is 1. The number of halogens is 3. The number of amides is 1. The molecular weight excluding hydrogens is 283 g/mol. The number of hydrogen-bond acceptors (Lipinski definition) is 3. The zero-order valence-electron chi connectivity index (χ0n) is 11.6. The maximum atomic E-state index is 12.5. The molecule has 0 spiro atoms. The Kier molecular flexibility index (Phi) is 4.82. The number of carbonyl (C=O) groups excluding carboxylic acids is 1. The highest BCUT2D eigenvalue weighted by molar-refractivity contribution is 5.92. The number of aromatic nitrogens is 1. The molecule has 4 nitrogen and oxygen atoms in total. The Morgan fingerprint density at radius 2 is 2.19 bits per heavy atom. The van der Waals surface area contributed by atoms with Crippen molar-refractivity contribution in [3.8, 4) is 0 Å². The standard InChI is InChI=1S/C14H18F3N3O/c15-14(16,17)11-3-4-12(19-8-11)13(21)20-7-1-2-10(9-20)5-6-18/h3-4,8,10H,1-2,5-7,9,18H2. The van der Waals surface area contributed by atoms with Gasteiger partial charge in [-0.2, -0.15) is 13.2 Å². The average molecular weight is 301 g/mol. The second-order valence-corrected chi connectivity index (χ2v) is 5.27. The molecule has 0 bridgehead atoms. The molecule has 1 aromatic heterocycles. The van der Waals surface area contributed by atoms with Crippen molar-refractivity contribution in [2.24, 2.45) is 11.7 Å². The summed E-state index contributed by atoms with van der Waals surface area (Å²) in [7, 11) is 0. The lowest BCUT2D eigenvalue weighted by Crippen LogP contribution is -2.40. The Morgan fingerprint density at radius 1 is 1.43 bits per heavy atom. The first kappa shape index (κ1) is 15.8. The van der Waals surface area contributed by atoms with E-state index in [0.29, 0.717) is 31.7 Å². The summed E-state index contributed by atoms with van der Waals surface area (Å²) in [6.45, 7) is 1.78. The highest BCUT2D eigenvalue weighted by atomic mass is 19.4. The second kappa shape index (κ2) is 6.43. The number of nitrogens with zero attached hydrogens (tertiary/aromatic N) is 2. The summed E-state index contributed by atoms with van der Waals surface area (Å²) in [4.78, 5) is 17.6. The van der Waals surface area contributed by atoms with Gasteiger partial charge in [-0.1, -0.05) is 0 Å². The van der Waals surface area contributed by atoms with Crippen molar-refractivity contribution < 1.29 is 18.0 Å². The summed E-state index contributed by atoms with van der Waals surface area (Å²) in [5, 5.41) is 0. The van der Waals surface area contributed by atoms with Crippen LogP contribution in [0.3, 0.4) is 0 Å². The maximum absolute atomic E-state index is 12.5. The summed E-state index contributed by atoms with van der Waals surface area (Å²) in [6.07, 6.45) is -0.969. The van der Waals surface area contributed by atoms with E-state index in [0.717, 1.165) is 31.4 Å². The van der Waals surface area contributed by atoms with Crippen molar-refractivity contribution in [2.75, 3.05) is 19.6 Å². The smallest absolute Gasteiger partial charge is 0.337 e. The quantitative estimate of drug-likeness (QED) is 0.932. The first-order valence-corrected chi connectivity index (χ1v) is 6.94. The number of nitrogens with two attached hydrogens (primary N) is 1. The largest absolute Gasteiger partial charge is 0.417 e. The van der Waals surface area contributed by atoms with E-state index >= 15 is 0 Å². The molecule has 0 aliphatic carbocycles. The minimum absolute atomic E-state index is 0.0522. The van der Waals surface area contributed by atoms with Gasteiger partial charge in [-0.25, -0.2) is 0 Å². The van der Waals surface area contributed by atoms with E-state index in [-0.39, 0.29) is 11.6 Å². The third kappa shape index (κ3) is 3.93. The summed E-state index contributed by atoms with van der Waals surface area (Å²) in [6, 6.07) is 2.03. The van der Waals surface area contributed by atoms with Crippen molar-refractivity contribution in [2.45, 2.75) is 25.4 Å². The van der Waals surface area contributed by atoms with Gasteiger partial charge in [-0.05, 0) is 43.9 Å². The first-order valence-electron chi connectivity index (χ1n) is 6.94. The van der Waals surface area contributed by atoms with E-state index in [4.69, 9.17) is 5.73 Å². The van der Waals surface area contributed by atoms with Crippen LogP contribution in [0.2, 0.25) is 0 Å². The van der Waals surface area contributed by atoms with Crippen LogP contribution in [0.15, 0.2) is 18.3 Å². The molecule has 2 N–H and O–H groups in total. The summed E-state index contributed by atoms with van der Waals surface area (Å²) >= 11 is 0. The van der Waals surface area contributed by atoms with Crippen LogP contribution in [-0.2, 0) is 6.18 Å². The van der Waals surface area contributed by atoms with Gasteiger partial charge in [0.05, 0.1) is 5.56 Å². The monoisotopic (exact) mass is 301 g/mol. The normalized spacial score (nSPS) is 19.6. The molecule has 1 aliphatic rings. The lowest BCUT2D eigenvalue weighted by Gasteiger charge is -2.32. The van der Waals surface area contributed by atoms with Gasteiger partial charge >= 0.3 is 6.18 Å². The number of rotatable bonds is 3. The zero-order chi connectivity index (χ0) is 15.5. The summed E-state index contributed by atoms with van der Waals surface area (Å²) in [5.74, 6) is 0.0487. The van der Waals surface area contributed by atoms with Crippen LogP contribution in [0.5, 0.6) is 0 Å². The summed E-state index contributed by atoms with van der Waals surface area (Å²) in [5.41, 5.74) is 4.73. The van der Waals surface area contributed by atoms with Crippen LogP contribution >= 0.6 is 0 Å². The third-order valence-electron chi connectivity index (χ3n) is 3.69. The molecule has 7 heteroatoms. The van der Waals surface area contributed by atoms with Gasteiger partial charge in [0, 0.05) is 19.3 Å². The fourth-order valence-corrected chi connectivity index (χ4v) is 2.57. The molecule has 1 aromatic rings. The van der Waals surface area contributed by atoms with Crippen molar-refractivity contribution in [3.05, 3.63) is 29.6 Å². The molecule has 0 radical (unpaired) electrons. The number of likely N-dealkylation sites (tertiary alicyclic amines) is 1. The third-order valence-corrected chi connectivity index (χ3v) is 3.69. The van der Waals surface area contributed by atoms with Crippen LogP contribution in [0.1, 0.15) is 35.3 Å². The van der Waals surface area contributed by atoms with Gasteiger partial charge in [-0.3, -0.25) is 9.78 Å². The first-order chi connectivity index (χ1) is 9.91. The van der Waals surface area contributed by atoms with Gasteiger partial charge in [0.2, 0.25) is 0 Å². The Morgan fingerprint density at radius 3 is 2.76 bits per heavy atom. The van der Waals surface area contributed by atoms with E-state index in [1.807, 2.05) is 0 Å². The van der Waals surface area contributed by atoms with Crippen molar-refractivity contribution in [3.63, 3.8) is 0 Å². The van der Waals surface area contributed by atoms with Crippen LogP contribution in [0.25, 0.3) is 0 Å². The second-order valence-electron chi connectivity index (χ2n) is 5.27. The molecule has 1 fully saturated rings. The fraction of sp³-hybridized carbons (Fsp3) is 0.571. The van der Waals surface area contributed by atoms with E-state index in [1.54, 1.807) is 4.90 Å². The fourth-order valence-electron chi connectivity index (χ4n) is 2.57. The van der Waals surface area contributed by atoms with Crippen molar-refractivity contribution >= 4 is 5.91 Å². The zero-order valence-corrected chi connectivity index (χ0v) is 11.6. The molecule has 1 amide bonds. The maximum Gasteiger partial charge on any atom is 0.417 e. The molecule has 2 heterocycles. The Hall–Kier alpha value is -1.63. The van der Waals surface area contributed by atoms with Gasteiger partial charge in [0.1, 0.15) is 5.69 Å². The van der Waals surface area contributed by atoms with Gasteiger partial charge in [0.15, 0.2) is 0 Å².